The first-order chi connectivity index (χ1) is 13.1. The van der Waals surface area contributed by atoms with E-state index >= 15 is 0 Å². The quantitative estimate of drug-likeness (QED) is 0.183. The molecule has 0 amide bonds. The SMILES string of the molecule is CCOC(=O)/C(=C\N(C(=Nc1ccccc1)SC)c1ccccc1)C(C)=O. The van der Waals surface area contributed by atoms with Gasteiger partial charge >= 0.3 is 5.97 Å². The third-order valence-corrected chi connectivity index (χ3v) is 4.19. The van der Waals surface area contributed by atoms with Crippen LogP contribution < -0.4 is 4.90 Å². The molecule has 0 heterocycles. The molecular weight excluding hydrogens is 360 g/mol. The molecule has 0 bridgehead atoms. The first-order valence-corrected chi connectivity index (χ1v) is 9.71. The molecule has 0 aliphatic carbocycles. The second-order valence-electron chi connectivity index (χ2n) is 5.46. The molecule has 27 heavy (non-hydrogen) atoms. The van der Waals surface area contributed by atoms with Gasteiger partial charge in [-0.1, -0.05) is 48.2 Å². The summed E-state index contributed by atoms with van der Waals surface area (Å²) in [5.41, 5.74) is 1.52. The van der Waals surface area contributed by atoms with E-state index in [4.69, 9.17) is 4.74 Å². The number of esters is 1. The van der Waals surface area contributed by atoms with Crippen molar-refractivity contribution in [2.45, 2.75) is 13.8 Å². The number of para-hydroxylation sites is 2. The Bertz CT molecular complexity index is 833. The number of ether oxygens (including phenoxy) is 1. The number of Topliss-reactive ketones (excluding diaryl/α,β-unsaturated/α-hetero) is 1. The van der Waals surface area contributed by atoms with Crippen molar-refractivity contribution in [2.75, 3.05) is 17.8 Å². The Hall–Kier alpha value is -2.86. The van der Waals surface area contributed by atoms with Crippen molar-refractivity contribution in [3.63, 3.8) is 0 Å². The van der Waals surface area contributed by atoms with Crippen molar-refractivity contribution in [2.24, 2.45) is 4.99 Å². The average Bonchev–Trinajstić information content (AvgIpc) is 2.68. The van der Waals surface area contributed by atoms with E-state index < -0.39 is 5.97 Å². The van der Waals surface area contributed by atoms with Gasteiger partial charge in [0.15, 0.2) is 11.0 Å². The molecule has 0 fully saturated rings. The van der Waals surface area contributed by atoms with Gasteiger partial charge in [0.1, 0.15) is 5.57 Å². The fraction of sp³-hybridized carbons (Fsp3) is 0.190. The van der Waals surface area contributed by atoms with Gasteiger partial charge in [0.25, 0.3) is 0 Å². The van der Waals surface area contributed by atoms with E-state index in [0.29, 0.717) is 5.17 Å². The molecule has 2 aromatic rings. The Morgan fingerprint density at radius 1 is 1.07 bits per heavy atom. The minimum atomic E-state index is -0.647. The summed E-state index contributed by atoms with van der Waals surface area (Å²) in [6.07, 6.45) is 3.39. The smallest absolute Gasteiger partial charge is 0.343 e. The summed E-state index contributed by atoms with van der Waals surface area (Å²) >= 11 is 1.41. The lowest BCUT2D eigenvalue weighted by Crippen LogP contribution is -2.26. The normalized spacial score (nSPS) is 11.8. The lowest BCUT2D eigenvalue weighted by molar-refractivity contribution is -0.139. The zero-order valence-electron chi connectivity index (χ0n) is 15.6. The molecular formula is C21H22N2O3S. The maximum absolute atomic E-state index is 12.2. The lowest BCUT2D eigenvalue weighted by atomic mass is 10.2. The third kappa shape index (κ3) is 5.82. The topological polar surface area (TPSA) is 59.0 Å². The van der Waals surface area contributed by atoms with E-state index in [1.165, 1.54) is 24.9 Å². The highest BCUT2D eigenvalue weighted by atomic mass is 32.2. The Labute approximate surface area is 163 Å². The number of thioether (sulfide) groups is 1. The van der Waals surface area contributed by atoms with Crippen LogP contribution in [-0.4, -0.2) is 29.8 Å². The molecule has 5 nitrogen and oxygen atoms in total. The van der Waals surface area contributed by atoms with Crippen LogP contribution in [0.25, 0.3) is 0 Å². The van der Waals surface area contributed by atoms with E-state index in [9.17, 15) is 9.59 Å². The molecule has 0 saturated carbocycles. The van der Waals surface area contributed by atoms with Gasteiger partial charge < -0.3 is 4.74 Å². The van der Waals surface area contributed by atoms with Gasteiger partial charge in [-0.15, -0.1) is 0 Å². The van der Waals surface area contributed by atoms with Crippen LogP contribution in [0.3, 0.4) is 0 Å². The molecule has 6 heteroatoms. The number of hydrogen-bond donors (Lipinski definition) is 0. The second-order valence-corrected chi connectivity index (χ2v) is 6.23. The van der Waals surface area contributed by atoms with Crippen molar-refractivity contribution in [3.05, 3.63) is 72.4 Å². The molecule has 0 N–H and O–H groups in total. The van der Waals surface area contributed by atoms with Crippen molar-refractivity contribution < 1.29 is 14.3 Å². The van der Waals surface area contributed by atoms with E-state index in [1.54, 1.807) is 11.8 Å². The molecule has 0 spiro atoms. The molecule has 0 aliphatic rings. The van der Waals surface area contributed by atoms with Gasteiger partial charge in [-0.25, -0.2) is 9.79 Å². The fourth-order valence-electron chi connectivity index (χ4n) is 2.26. The van der Waals surface area contributed by atoms with Gasteiger partial charge in [-0.2, -0.15) is 0 Å². The molecule has 0 atom stereocenters. The van der Waals surface area contributed by atoms with Crippen LogP contribution in [-0.2, 0) is 14.3 Å². The van der Waals surface area contributed by atoms with Crippen molar-refractivity contribution >= 4 is 40.1 Å². The van der Waals surface area contributed by atoms with Crippen LogP contribution in [0.15, 0.2) is 77.4 Å². The zero-order chi connectivity index (χ0) is 19.6. The van der Waals surface area contributed by atoms with E-state index in [-0.39, 0.29) is 18.0 Å². The Morgan fingerprint density at radius 2 is 1.67 bits per heavy atom. The molecule has 0 aromatic heterocycles. The van der Waals surface area contributed by atoms with Gasteiger partial charge in [0.2, 0.25) is 0 Å². The molecule has 140 valence electrons. The van der Waals surface area contributed by atoms with Crippen molar-refractivity contribution in [1.29, 1.82) is 0 Å². The lowest BCUT2D eigenvalue weighted by Gasteiger charge is -2.22. The number of nitrogens with zero attached hydrogens (tertiary/aromatic N) is 2. The first kappa shape index (κ1) is 20.5. The minimum absolute atomic E-state index is 0.0319. The first-order valence-electron chi connectivity index (χ1n) is 8.48. The largest absolute Gasteiger partial charge is 0.462 e. The summed E-state index contributed by atoms with van der Waals surface area (Å²) < 4.78 is 5.03. The summed E-state index contributed by atoms with van der Waals surface area (Å²) in [4.78, 5) is 30.7. The molecule has 0 aliphatic heterocycles. The standard InChI is InChI=1S/C21H22N2O3S/c1-4-26-20(25)19(16(2)24)15-23(18-13-9-6-10-14-18)21(27-3)22-17-11-7-5-8-12-17/h5-15H,4H2,1-3H3/b19-15-,22-21?. The third-order valence-electron chi connectivity index (χ3n) is 3.54. The fourth-order valence-corrected chi connectivity index (χ4v) is 2.82. The van der Waals surface area contributed by atoms with Crippen LogP contribution in [0.1, 0.15) is 13.8 Å². The summed E-state index contributed by atoms with van der Waals surface area (Å²) in [5.74, 6) is -1.01. The maximum atomic E-state index is 12.2. The van der Waals surface area contributed by atoms with Gasteiger partial charge in [-0.05, 0) is 44.4 Å². The summed E-state index contributed by atoms with van der Waals surface area (Å²) in [5, 5.41) is 0.621. The van der Waals surface area contributed by atoms with Gasteiger partial charge in [0, 0.05) is 11.9 Å². The second kappa shape index (κ2) is 10.3. The van der Waals surface area contributed by atoms with Gasteiger partial charge in [0.05, 0.1) is 12.3 Å². The number of benzene rings is 2. The Morgan fingerprint density at radius 3 is 2.19 bits per heavy atom. The van der Waals surface area contributed by atoms with Crippen LogP contribution in [0, 0.1) is 0 Å². The number of aliphatic imine (C=N–C) groups is 1. The number of rotatable bonds is 6. The Balaban J connectivity index is 2.57. The maximum Gasteiger partial charge on any atom is 0.343 e. The van der Waals surface area contributed by atoms with Crippen molar-refractivity contribution in [1.82, 2.24) is 0 Å². The molecule has 0 radical (unpaired) electrons. The molecule has 2 aromatic carbocycles. The predicted molar refractivity (Wildman–Crippen MR) is 111 cm³/mol. The number of ketones is 1. The molecule has 2 rings (SSSR count). The summed E-state index contributed by atoms with van der Waals surface area (Å²) in [6, 6.07) is 18.9. The van der Waals surface area contributed by atoms with Crippen LogP contribution in [0.2, 0.25) is 0 Å². The summed E-state index contributed by atoms with van der Waals surface area (Å²) in [7, 11) is 0. The minimum Gasteiger partial charge on any atom is -0.462 e. The highest BCUT2D eigenvalue weighted by Crippen LogP contribution is 2.23. The number of carbonyl (C=O) groups excluding carboxylic acids is 2. The number of anilines is 1. The zero-order valence-corrected chi connectivity index (χ0v) is 16.4. The van der Waals surface area contributed by atoms with Gasteiger partial charge in [-0.3, -0.25) is 9.69 Å². The highest BCUT2D eigenvalue weighted by molar-refractivity contribution is 8.13. The Kier molecular flexibility index (Phi) is 7.82. The monoisotopic (exact) mass is 382 g/mol. The van der Waals surface area contributed by atoms with Crippen LogP contribution in [0.4, 0.5) is 11.4 Å². The number of hydrogen-bond acceptors (Lipinski definition) is 5. The number of carbonyl (C=O) groups is 2. The molecule has 0 unspecified atom stereocenters. The van der Waals surface area contributed by atoms with Crippen LogP contribution >= 0.6 is 11.8 Å². The average molecular weight is 382 g/mol. The van der Waals surface area contributed by atoms with Crippen LogP contribution in [0.5, 0.6) is 0 Å². The highest BCUT2D eigenvalue weighted by Gasteiger charge is 2.20. The van der Waals surface area contributed by atoms with E-state index in [1.807, 2.05) is 66.9 Å². The summed E-state index contributed by atoms with van der Waals surface area (Å²) in [6.45, 7) is 3.25. The molecule has 0 saturated heterocycles. The van der Waals surface area contributed by atoms with E-state index in [0.717, 1.165) is 11.4 Å². The van der Waals surface area contributed by atoms with E-state index in [2.05, 4.69) is 4.99 Å². The number of amidine groups is 1. The predicted octanol–water partition coefficient (Wildman–Crippen LogP) is 4.58. The van der Waals surface area contributed by atoms with Crippen molar-refractivity contribution in [3.8, 4) is 0 Å².